The second kappa shape index (κ2) is 9.55. The molecule has 1 heterocycles. The van der Waals surface area contributed by atoms with Crippen LogP contribution in [-0.2, 0) is 16.4 Å². The van der Waals surface area contributed by atoms with Crippen molar-refractivity contribution in [2.75, 3.05) is 10.5 Å². The minimum absolute atomic E-state index is 0.00529. The third kappa shape index (κ3) is 5.47. The number of aryl methyl sites for hydroxylation is 2. The predicted molar refractivity (Wildman–Crippen MR) is 135 cm³/mol. The Bertz CT molecular complexity index is 1510. The molecule has 0 amide bonds. The van der Waals surface area contributed by atoms with E-state index in [4.69, 9.17) is 5.73 Å². The van der Waals surface area contributed by atoms with Crippen LogP contribution in [-0.4, -0.2) is 29.5 Å². The number of carboxylic acid groups (broad SMARTS) is 1. The second-order valence-corrected chi connectivity index (χ2v) is 9.88. The highest BCUT2D eigenvalue weighted by molar-refractivity contribution is 7.92. The van der Waals surface area contributed by atoms with E-state index in [2.05, 4.69) is 14.7 Å². The lowest BCUT2D eigenvalue weighted by molar-refractivity contribution is 0.0696. The highest BCUT2D eigenvalue weighted by Crippen LogP contribution is 2.28. The number of hydrogen-bond acceptors (Lipinski definition) is 6. The molecular formula is C26H24N4O4S. The van der Waals surface area contributed by atoms with Gasteiger partial charge in [0.25, 0.3) is 10.0 Å². The van der Waals surface area contributed by atoms with Crippen LogP contribution in [0.1, 0.15) is 32.7 Å². The van der Waals surface area contributed by atoms with Gasteiger partial charge in [0.05, 0.1) is 21.8 Å². The summed E-state index contributed by atoms with van der Waals surface area (Å²) in [7, 11) is -4.00. The number of sulfonamides is 1. The molecular weight excluding hydrogens is 464 g/mol. The molecule has 4 rings (SSSR count). The van der Waals surface area contributed by atoms with E-state index in [1.54, 1.807) is 36.4 Å². The van der Waals surface area contributed by atoms with Crippen LogP contribution in [0.25, 0.3) is 11.3 Å². The van der Waals surface area contributed by atoms with Crippen molar-refractivity contribution in [3.8, 4) is 11.3 Å². The molecule has 0 saturated heterocycles. The van der Waals surface area contributed by atoms with Gasteiger partial charge in [0.2, 0.25) is 5.95 Å². The zero-order valence-corrected chi connectivity index (χ0v) is 20.0. The maximum atomic E-state index is 13.0. The van der Waals surface area contributed by atoms with Crippen molar-refractivity contribution in [3.63, 3.8) is 0 Å². The summed E-state index contributed by atoms with van der Waals surface area (Å²) < 4.78 is 28.5. The van der Waals surface area contributed by atoms with Crippen molar-refractivity contribution >= 4 is 27.6 Å². The molecule has 4 N–H and O–H groups in total. The van der Waals surface area contributed by atoms with Crippen molar-refractivity contribution in [3.05, 3.63) is 101 Å². The van der Waals surface area contributed by atoms with E-state index in [9.17, 15) is 18.3 Å². The molecule has 8 nitrogen and oxygen atoms in total. The fraction of sp³-hybridized carbons (Fsp3) is 0.115. The largest absolute Gasteiger partial charge is 0.478 e. The fourth-order valence-corrected chi connectivity index (χ4v) is 4.86. The van der Waals surface area contributed by atoms with Gasteiger partial charge < -0.3 is 10.8 Å². The molecule has 35 heavy (non-hydrogen) atoms. The van der Waals surface area contributed by atoms with E-state index < -0.39 is 16.0 Å². The Labute approximate surface area is 203 Å². The molecule has 0 bridgehead atoms. The normalized spacial score (nSPS) is 11.3. The number of hydrogen-bond donors (Lipinski definition) is 3. The zero-order valence-electron chi connectivity index (χ0n) is 19.2. The lowest BCUT2D eigenvalue weighted by Crippen LogP contribution is -2.16. The van der Waals surface area contributed by atoms with Gasteiger partial charge in [-0.05, 0) is 66.9 Å². The Morgan fingerprint density at radius 1 is 0.943 bits per heavy atom. The van der Waals surface area contributed by atoms with Crippen LogP contribution < -0.4 is 10.5 Å². The number of carboxylic acids is 1. The molecule has 0 unspecified atom stereocenters. The van der Waals surface area contributed by atoms with E-state index >= 15 is 0 Å². The number of nitrogen functional groups attached to an aromatic ring is 1. The van der Waals surface area contributed by atoms with Gasteiger partial charge in [0.1, 0.15) is 0 Å². The average molecular weight is 489 g/mol. The predicted octanol–water partition coefficient (Wildman–Crippen LogP) is 4.43. The number of carbonyl (C=O) groups is 1. The minimum Gasteiger partial charge on any atom is -0.478 e. The van der Waals surface area contributed by atoms with Crippen molar-refractivity contribution in [1.82, 2.24) is 9.97 Å². The van der Waals surface area contributed by atoms with Crippen LogP contribution in [0.4, 0.5) is 11.6 Å². The summed E-state index contributed by atoms with van der Waals surface area (Å²) in [6.07, 6.45) is 0.286. The zero-order chi connectivity index (χ0) is 25.2. The first-order valence-electron chi connectivity index (χ1n) is 10.8. The molecule has 0 radical (unpaired) electrons. The Kier molecular flexibility index (Phi) is 6.52. The highest BCUT2D eigenvalue weighted by Gasteiger charge is 2.19. The molecule has 178 valence electrons. The molecule has 0 atom stereocenters. The number of nitrogens with one attached hydrogen (secondary N) is 1. The van der Waals surface area contributed by atoms with Gasteiger partial charge in [-0.1, -0.05) is 36.4 Å². The van der Waals surface area contributed by atoms with Crippen LogP contribution >= 0.6 is 0 Å². The number of nitrogens with two attached hydrogens (primary N) is 1. The summed E-state index contributed by atoms with van der Waals surface area (Å²) in [5, 5.41) is 9.32. The van der Waals surface area contributed by atoms with E-state index in [0.29, 0.717) is 17.1 Å². The van der Waals surface area contributed by atoms with Gasteiger partial charge in [0.15, 0.2) is 0 Å². The average Bonchev–Trinajstić information content (AvgIpc) is 2.79. The summed E-state index contributed by atoms with van der Waals surface area (Å²) in [5.41, 5.74) is 10.9. The van der Waals surface area contributed by atoms with Crippen LogP contribution in [0.2, 0.25) is 0 Å². The first-order chi connectivity index (χ1) is 16.6. The number of rotatable bonds is 7. The SMILES string of the molecule is Cc1cccc(C)c1-c1cc(Cc2cccc(C(=O)O)c2)nc(NS(=O)(=O)c2cccc(N)c2)n1. The topological polar surface area (TPSA) is 135 Å². The number of benzene rings is 3. The van der Waals surface area contributed by atoms with Crippen LogP contribution in [0, 0.1) is 13.8 Å². The van der Waals surface area contributed by atoms with E-state index in [1.165, 1.54) is 18.2 Å². The molecule has 0 aliphatic rings. The van der Waals surface area contributed by atoms with Gasteiger partial charge in [-0.3, -0.25) is 0 Å². The monoisotopic (exact) mass is 488 g/mol. The summed E-state index contributed by atoms with van der Waals surface area (Å²) in [5.74, 6) is -1.11. The van der Waals surface area contributed by atoms with Crippen molar-refractivity contribution < 1.29 is 18.3 Å². The smallest absolute Gasteiger partial charge is 0.335 e. The van der Waals surface area contributed by atoms with Crippen LogP contribution in [0.15, 0.2) is 77.7 Å². The fourth-order valence-electron chi connectivity index (χ4n) is 3.86. The van der Waals surface area contributed by atoms with Crippen molar-refractivity contribution in [2.45, 2.75) is 25.2 Å². The summed E-state index contributed by atoms with van der Waals surface area (Å²) in [4.78, 5) is 20.3. The standard InChI is InChI=1S/C26H24N4O4S/c1-16-6-3-7-17(2)24(16)23-15-21(13-18-8-4-9-19(12-18)25(31)32)28-26(29-23)30-35(33,34)22-11-5-10-20(27)14-22/h3-12,14-15H,13,27H2,1-2H3,(H,31,32)(H,28,29,30). The van der Waals surface area contributed by atoms with Gasteiger partial charge >= 0.3 is 5.97 Å². The Morgan fingerprint density at radius 3 is 2.31 bits per heavy atom. The molecule has 9 heteroatoms. The first-order valence-corrected chi connectivity index (χ1v) is 12.3. The Morgan fingerprint density at radius 2 is 1.63 bits per heavy atom. The molecule has 4 aromatic rings. The molecule has 0 aliphatic heterocycles. The number of anilines is 2. The van der Waals surface area contributed by atoms with E-state index in [-0.39, 0.29) is 22.8 Å². The number of nitrogens with zero attached hydrogens (tertiary/aromatic N) is 2. The van der Waals surface area contributed by atoms with E-state index in [0.717, 1.165) is 22.3 Å². The molecule has 0 saturated carbocycles. The third-order valence-corrected chi connectivity index (χ3v) is 6.80. The van der Waals surface area contributed by atoms with E-state index in [1.807, 2.05) is 32.0 Å². The quantitative estimate of drug-likeness (QED) is 0.327. The van der Waals surface area contributed by atoms with Crippen LogP contribution in [0.5, 0.6) is 0 Å². The molecule has 0 fully saturated rings. The maximum Gasteiger partial charge on any atom is 0.335 e. The number of aromatic carboxylic acids is 1. The van der Waals surface area contributed by atoms with Crippen LogP contribution in [0.3, 0.4) is 0 Å². The summed E-state index contributed by atoms with van der Waals surface area (Å²) in [6.45, 7) is 3.91. The molecule has 0 aliphatic carbocycles. The van der Waals surface area contributed by atoms with Gasteiger partial charge in [-0.25, -0.2) is 27.9 Å². The third-order valence-electron chi connectivity index (χ3n) is 5.47. The molecule has 1 aromatic heterocycles. The Hall–Kier alpha value is -4.24. The molecule has 0 spiro atoms. The summed E-state index contributed by atoms with van der Waals surface area (Å²) in [6, 6.07) is 20.1. The molecule has 3 aromatic carbocycles. The lowest BCUT2D eigenvalue weighted by atomic mass is 9.98. The maximum absolute atomic E-state index is 13.0. The minimum atomic E-state index is -4.00. The van der Waals surface area contributed by atoms with Gasteiger partial charge in [-0.2, -0.15) is 0 Å². The number of aromatic nitrogens is 2. The van der Waals surface area contributed by atoms with Gasteiger partial charge in [0, 0.05) is 17.7 Å². The Balaban J connectivity index is 1.80. The first kappa shape index (κ1) is 23.9. The van der Waals surface area contributed by atoms with Crippen molar-refractivity contribution in [1.29, 1.82) is 0 Å². The van der Waals surface area contributed by atoms with Gasteiger partial charge in [-0.15, -0.1) is 0 Å². The second-order valence-electron chi connectivity index (χ2n) is 8.20. The lowest BCUT2D eigenvalue weighted by Gasteiger charge is -2.14. The van der Waals surface area contributed by atoms with Crippen molar-refractivity contribution in [2.24, 2.45) is 0 Å². The highest BCUT2D eigenvalue weighted by atomic mass is 32.2. The summed E-state index contributed by atoms with van der Waals surface area (Å²) >= 11 is 0.